The zero-order valence-corrected chi connectivity index (χ0v) is 13.9. The Bertz CT molecular complexity index is 880. The first-order valence-corrected chi connectivity index (χ1v) is 8.18. The Morgan fingerprint density at radius 2 is 2.12 bits per heavy atom. The van der Waals surface area contributed by atoms with Crippen LogP contribution in [0.25, 0.3) is 10.9 Å². The van der Waals surface area contributed by atoms with Crippen LogP contribution in [0.3, 0.4) is 0 Å². The van der Waals surface area contributed by atoms with Gasteiger partial charge in [0.15, 0.2) is 0 Å². The average Bonchev–Trinajstić information content (AvgIpc) is 3.23. The molecule has 1 atom stereocenters. The van der Waals surface area contributed by atoms with Crippen LogP contribution < -0.4 is 0 Å². The van der Waals surface area contributed by atoms with Gasteiger partial charge in [0.1, 0.15) is 5.82 Å². The number of aromatic amines is 1. The molecular formula is C18H21N5O. The maximum absolute atomic E-state index is 13.1. The van der Waals surface area contributed by atoms with E-state index in [0.717, 1.165) is 35.4 Å². The highest BCUT2D eigenvalue weighted by molar-refractivity contribution is 6.05. The fourth-order valence-corrected chi connectivity index (χ4v) is 3.47. The molecule has 0 spiro atoms. The molecule has 3 aromatic rings. The standard InChI is InChI=1S/C18H21N5O/c1-21-10-11-23(12-15(21)17-20-8-9-22(17)2)18(24)14-5-3-4-13-6-7-19-16(13)14/h3-9,15,19H,10-12H2,1-2H3. The summed E-state index contributed by atoms with van der Waals surface area (Å²) in [4.78, 5) is 24.9. The molecule has 0 radical (unpaired) electrons. The molecule has 0 aliphatic carbocycles. The van der Waals surface area contributed by atoms with Crippen molar-refractivity contribution in [3.8, 4) is 0 Å². The molecule has 1 aliphatic rings. The summed E-state index contributed by atoms with van der Waals surface area (Å²) in [6, 6.07) is 7.96. The van der Waals surface area contributed by atoms with E-state index in [4.69, 9.17) is 0 Å². The van der Waals surface area contributed by atoms with Crippen LogP contribution in [-0.4, -0.2) is 56.9 Å². The number of piperazine rings is 1. The number of aryl methyl sites for hydroxylation is 1. The van der Waals surface area contributed by atoms with E-state index in [-0.39, 0.29) is 11.9 Å². The van der Waals surface area contributed by atoms with Gasteiger partial charge in [-0.05, 0) is 19.2 Å². The van der Waals surface area contributed by atoms with Crippen LogP contribution in [0.1, 0.15) is 22.2 Å². The first-order chi connectivity index (χ1) is 11.6. The summed E-state index contributed by atoms with van der Waals surface area (Å²) < 4.78 is 2.03. The van der Waals surface area contributed by atoms with Crippen molar-refractivity contribution < 1.29 is 4.79 Å². The predicted molar refractivity (Wildman–Crippen MR) is 92.8 cm³/mol. The third-order valence-electron chi connectivity index (χ3n) is 4.91. The number of rotatable bonds is 2. The predicted octanol–water partition coefficient (Wildman–Crippen LogP) is 2.03. The number of nitrogens with zero attached hydrogens (tertiary/aromatic N) is 4. The second-order valence-corrected chi connectivity index (χ2v) is 6.39. The molecule has 1 saturated heterocycles. The van der Waals surface area contributed by atoms with E-state index in [0.29, 0.717) is 6.54 Å². The monoisotopic (exact) mass is 323 g/mol. The van der Waals surface area contributed by atoms with Crippen LogP contribution in [0.5, 0.6) is 0 Å². The molecule has 6 nitrogen and oxygen atoms in total. The summed E-state index contributed by atoms with van der Waals surface area (Å²) in [5.41, 5.74) is 1.65. The Hall–Kier alpha value is -2.60. The minimum atomic E-state index is 0.0790. The Kier molecular flexibility index (Phi) is 3.61. The van der Waals surface area contributed by atoms with Gasteiger partial charge in [-0.15, -0.1) is 0 Å². The molecular weight excluding hydrogens is 302 g/mol. The van der Waals surface area contributed by atoms with E-state index in [1.165, 1.54) is 0 Å². The first kappa shape index (κ1) is 15.0. The van der Waals surface area contributed by atoms with Gasteiger partial charge < -0.3 is 14.5 Å². The number of nitrogens with one attached hydrogen (secondary N) is 1. The Labute approximate surface area is 140 Å². The van der Waals surface area contributed by atoms with Crippen LogP contribution in [0.4, 0.5) is 0 Å². The minimum Gasteiger partial charge on any atom is -0.361 e. The molecule has 124 valence electrons. The van der Waals surface area contributed by atoms with Crippen LogP contribution in [0.2, 0.25) is 0 Å². The van der Waals surface area contributed by atoms with Crippen molar-refractivity contribution in [2.24, 2.45) is 7.05 Å². The molecule has 1 aliphatic heterocycles. The Morgan fingerprint density at radius 1 is 1.25 bits per heavy atom. The van der Waals surface area contributed by atoms with Crippen molar-refractivity contribution in [3.63, 3.8) is 0 Å². The Balaban J connectivity index is 1.63. The van der Waals surface area contributed by atoms with Gasteiger partial charge in [-0.25, -0.2) is 4.98 Å². The number of aromatic nitrogens is 3. The van der Waals surface area contributed by atoms with E-state index in [1.807, 2.05) is 59.4 Å². The summed E-state index contributed by atoms with van der Waals surface area (Å²) in [7, 11) is 4.09. The van der Waals surface area contributed by atoms with Crippen molar-refractivity contribution in [2.45, 2.75) is 6.04 Å². The van der Waals surface area contributed by atoms with Gasteiger partial charge in [-0.3, -0.25) is 9.69 Å². The van der Waals surface area contributed by atoms with Crippen molar-refractivity contribution >= 4 is 16.8 Å². The normalized spacial score (nSPS) is 19.1. The average molecular weight is 323 g/mol. The third-order valence-corrected chi connectivity index (χ3v) is 4.91. The molecule has 3 heterocycles. The number of hydrogen-bond donors (Lipinski definition) is 1. The third kappa shape index (κ3) is 2.39. The summed E-state index contributed by atoms with van der Waals surface area (Å²) in [5, 5.41) is 1.07. The minimum absolute atomic E-state index is 0.0790. The molecule has 0 saturated carbocycles. The molecule has 1 unspecified atom stereocenters. The van der Waals surface area contributed by atoms with Crippen LogP contribution >= 0.6 is 0 Å². The van der Waals surface area contributed by atoms with Gasteiger partial charge >= 0.3 is 0 Å². The van der Waals surface area contributed by atoms with Gasteiger partial charge in [0.2, 0.25) is 0 Å². The topological polar surface area (TPSA) is 57.2 Å². The first-order valence-electron chi connectivity index (χ1n) is 8.18. The SMILES string of the molecule is CN1CCN(C(=O)c2cccc3cc[nH]c23)CC1c1nccn1C. The smallest absolute Gasteiger partial charge is 0.256 e. The van der Waals surface area contributed by atoms with Crippen LogP contribution in [0.15, 0.2) is 42.9 Å². The highest BCUT2D eigenvalue weighted by Gasteiger charge is 2.31. The van der Waals surface area contributed by atoms with Crippen molar-refractivity contribution in [1.29, 1.82) is 0 Å². The molecule has 1 amide bonds. The van der Waals surface area contributed by atoms with E-state index in [9.17, 15) is 4.79 Å². The van der Waals surface area contributed by atoms with E-state index in [1.54, 1.807) is 0 Å². The maximum Gasteiger partial charge on any atom is 0.256 e. The molecule has 2 aromatic heterocycles. The van der Waals surface area contributed by atoms with Gasteiger partial charge in [-0.2, -0.15) is 0 Å². The number of likely N-dealkylation sites (N-methyl/N-ethyl adjacent to an activating group) is 1. The summed E-state index contributed by atoms with van der Waals surface area (Å²) in [5.74, 6) is 1.07. The number of carbonyl (C=O) groups excluding carboxylic acids is 1. The van der Waals surface area contributed by atoms with Crippen molar-refractivity contribution in [3.05, 3.63) is 54.2 Å². The molecule has 4 rings (SSSR count). The zero-order valence-electron chi connectivity index (χ0n) is 13.9. The largest absolute Gasteiger partial charge is 0.361 e. The van der Waals surface area contributed by atoms with E-state index in [2.05, 4.69) is 21.9 Å². The molecule has 24 heavy (non-hydrogen) atoms. The lowest BCUT2D eigenvalue weighted by atomic mass is 10.1. The number of fused-ring (bicyclic) bond motifs is 1. The number of imidazole rings is 1. The quantitative estimate of drug-likeness (QED) is 0.785. The zero-order chi connectivity index (χ0) is 16.7. The summed E-state index contributed by atoms with van der Waals surface area (Å²) in [6.45, 7) is 2.22. The van der Waals surface area contributed by atoms with E-state index < -0.39 is 0 Å². The highest BCUT2D eigenvalue weighted by atomic mass is 16.2. The molecule has 1 N–H and O–H groups in total. The van der Waals surface area contributed by atoms with Gasteiger partial charge in [0.25, 0.3) is 5.91 Å². The van der Waals surface area contributed by atoms with E-state index >= 15 is 0 Å². The van der Waals surface area contributed by atoms with Crippen LogP contribution in [0, 0.1) is 0 Å². The number of amides is 1. The number of benzene rings is 1. The summed E-state index contributed by atoms with van der Waals surface area (Å²) >= 11 is 0. The fourth-order valence-electron chi connectivity index (χ4n) is 3.47. The highest BCUT2D eigenvalue weighted by Crippen LogP contribution is 2.25. The molecule has 1 aromatic carbocycles. The number of carbonyl (C=O) groups is 1. The second kappa shape index (κ2) is 5.79. The molecule has 6 heteroatoms. The van der Waals surface area contributed by atoms with Crippen molar-refractivity contribution in [2.75, 3.05) is 26.7 Å². The van der Waals surface area contributed by atoms with Gasteiger partial charge in [-0.1, -0.05) is 12.1 Å². The summed E-state index contributed by atoms with van der Waals surface area (Å²) in [6.07, 6.45) is 5.63. The second-order valence-electron chi connectivity index (χ2n) is 6.39. The number of H-pyrrole nitrogens is 1. The fraction of sp³-hybridized carbons (Fsp3) is 0.333. The lowest BCUT2D eigenvalue weighted by Crippen LogP contribution is -2.49. The lowest BCUT2D eigenvalue weighted by Gasteiger charge is -2.39. The molecule has 0 bridgehead atoms. The van der Waals surface area contributed by atoms with Crippen molar-refractivity contribution in [1.82, 2.24) is 24.3 Å². The van der Waals surface area contributed by atoms with Gasteiger partial charge in [0, 0.05) is 50.7 Å². The van der Waals surface area contributed by atoms with Crippen LogP contribution in [-0.2, 0) is 7.05 Å². The maximum atomic E-state index is 13.1. The number of hydrogen-bond acceptors (Lipinski definition) is 3. The molecule has 1 fully saturated rings. The van der Waals surface area contributed by atoms with Gasteiger partial charge in [0.05, 0.1) is 17.1 Å². The Morgan fingerprint density at radius 3 is 2.92 bits per heavy atom. The lowest BCUT2D eigenvalue weighted by molar-refractivity contribution is 0.0530. The number of para-hydroxylation sites is 1.